The van der Waals surface area contributed by atoms with Crippen molar-refractivity contribution < 1.29 is 32.3 Å². The van der Waals surface area contributed by atoms with Crippen molar-refractivity contribution in [3.05, 3.63) is 28.8 Å². The summed E-state index contributed by atoms with van der Waals surface area (Å²) < 4.78 is 45.0. The Morgan fingerprint density at radius 3 is 2.47 bits per heavy atom. The fourth-order valence-electron chi connectivity index (χ4n) is 5.96. The van der Waals surface area contributed by atoms with Crippen LogP contribution < -0.4 is 5.32 Å². The topological polar surface area (TPSA) is 82.2 Å². The molecular weight excluding hydrogens is 525 g/mol. The van der Waals surface area contributed by atoms with E-state index in [1.807, 2.05) is 4.90 Å². The van der Waals surface area contributed by atoms with Crippen molar-refractivity contribution in [2.45, 2.75) is 76.4 Å². The monoisotopic (exact) mass is 556 g/mol. The molecule has 8 nitrogen and oxygen atoms in total. The maximum atomic E-state index is 13.4. The number of benzene rings is 1. The molecule has 3 atom stereocenters. The van der Waals surface area contributed by atoms with Gasteiger partial charge in [-0.3, -0.25) is 9.59 Å². The van der Waals surface area contributed by atoms with Gasteiger partial charge < -0.3 is 24.8 Å². The minimum Gasteiger partial charge on any atom is -0.352 e. The highest BCUT2D eigenvalue weighted by Gasteiger charge is 2.54. The summed E-state index contributed by atoms with van der Waals surface area (Å²) >= 11 is 5.77. The number of likely N-dealkylation sites (tertiary alicyclic amines) is 1. The summed E-state index contributed by atoms with van der Waals surface area (Å²) in [6.45, 7) is 5.25. The molecule has 4 amide bonds. The Morgan fingerprint density at radius 1 is 1.18 bits per heavy atom. The molecule has 3 saturated heterocycles. The van der Waals surface area contributed by atoms with Gasteiger partial charge in [0.15, 0.2) is 5.72 Å². The van der Waals surface area contributed by atoms with Crippen LogP contribution in [0.15, 0.2) is 18.2 Å². The summed E-state index contributed by atoms with van der Waals surface area (Å²) in [4.78, 5) is 44.2. The van der Waals surface area contributed by atoms with Crippen LogP contribution in [0.2, 0.25) is 5.02 Å². The van der Waals surface area contributed by atoms with E-state index in [4.69, 9.17) is 16.3 Å². The quantitative estimate of drug-likeness (QED) is 0.582. The van der Waals surface area contributed by atoms with Crippen molar-refractivity contribution >= 4 is 35.1 Å². The molecule has 12 heteroatoms. The lowest BCUT2D eigenvalue weighted by Crippen LogP contribution is -2.67. The summed E-state index contributed by atoms with van der Waals surface area (Å²) in [5, 5.41) is 2.00. The molecule has 0 radical (unpaired) electrons. The number of fused-ring (bicyclic) bond motifs is 1. The van der Waals surface area contributed by atoms with Crippen LogP contribution in [-0.4, -0.2) is 76.6 Å². The molecule has 3 unspecified atom stereocenters. The Bertz CT molecular complexity index is 1130. The molecule has 1 N–H and O–H groups in total. The van der Waals surface area contributed by atoms with Gasteiger partial charge in [-0.25, -0.2) is 4.79 Å². The van der Waals surface area contributed by atoms with Crippen LogP contribution in [0.4, 0.5) is 23.7 Å². The number of halogens is 4. The van der Waals surface area contributed by atoms with E-state index in [0.717, 1.165) is 44.1 Å². The summed E-state index contributed by atoms with van der Waals surface area (Å²) in [6.07, 6.45) is 0.882. The van der Waals surface area contributed by atoms with E-state index >= 15 is 0 Å². The Morgan fingerprint density at radius 2 is 1.87 bits per heavy atom. The highest BCUT2D eigenvalue weighted by Crippen LogP contribution is 2.53. The number of urea groups is 1. The van der Waals surface area contributed by atoms with E-state index < -0.39 is 34.6 Å². The normalized spacial score (nSPS) is 28.5. The molecule has 3 heterocycles. The lowest BCUT2D eigenvalue weighted by atomic mass is 9.93. The maximum absolute atomic E-state index is 13.4. The number of carbonyl (C=O) groups is 3. The van der Waals surface area contributed by atoms with Crippen molar-refractivity contribution in [3.63, 3.8) is 0 Å². The summed E-state index contributed by atoms with van der Waals surface area (Å²) in [5.74, 6) is -0.203. The van der Waals surface area contributed by atoms with E-state index in [-0.39, 0.29) is 36.7 Å². The Kier molecular flexibility index (Phi) is 6.82. The number of piperidine rings is 1. The van der Waals surface area contributed by atoms with Gasteiger partial charge in [-0.15, -0.1) is 0 Å². The molecular formula is C26H32ClF3N4O4. The largest absolute Gasteiger partial charge is 0.417 e. The van der Waals surface area contributed by atoms with E-state index in [9.17, 15) is 27.6 Å². The Hall–Kier alpha value is -2.53. The van der Waals surface area contributed by atoms with Gasteiger partial charge in [0.1, 0.15) is 6.04 Å². The number of hydrogen-bond donors (Lipinski definition) is 1. The van der Waals surface area contributed by atoms with E-state index in [1.165, 1.54) is 17.7 Å². The van der Waals surface area contributed by atoms with Gasteiger partial charge in [0.2, 0.25) is 11.8 Å². The molecule has 0 bridgehead atoms. The van der Waals surface area contributed by atoms with Crippen LogP contribution in [0.5, 0.6) is 0 Å². The van der Waals surface area contributed by atoms with Gasteiger partial charge in [-0.2, -0.15) is 13.2 Å². The predicted molar refractivity (Wildman–Crippen MR) is 133 cm³/mol. The molecule has 1 aromatic rings. The van der Waals surface area contributed by atoms with Gasteiger partial charge in [-0.1, -0.05) is 11.6 Å². The fraction of sp³-hybridized carbons (Fsp3) is 0.654. The van der Waals surface area contributed by atoms with Crippen molar-refractivity contribution in [1.29, 1.82) is 0 Å². The number of rotatable bonds is 4. The van der Waals surface area contributed by atoms with Gasteiger partial charge in [-0.05, 0) is 69.6 Å². The van der Waals surface area contributed by atoms with Gasteiger partial charge >= 0.3 is 12.2 Å². The van der Waals surface area contributed by atoms with E-state index in [2.05, 4.69) is 5.32 Å². The highest BCUT2D eigenvalue weighted by molar-refractivity contribution is 6.31. The first-order chi connectivity index (χ1) is 17.8. The number of anilines is 1. The standard InChI is InChI=1S/C26H32ClF3N4O4/c1-16-22(36)34-18(4-6-21(35)32-11-9-25(7-8-25)10-12-32)14-38-24(34,2)15-33(16)23(37)31-17-3-5-19(20(27)13-17)26(28,29)30/h3,5,13,16,18H,4,6-12,14-15H2,1-2H3,(H,31,37). The SMILES string of the molecule is CC1C(=O)N2C(CCC(=O)N3CCC4(CC3)CC4)COC2(C)CN1C(=O)Nc1ccc(C(F)(F)F)c(Cl)c1. The molecule has 1 saturated carbocycles. The second-order valence-electron chi connectivity index (χ2n) is 11.2. The van der Waals surface area contributed by atoms with E-state index in [1.54, 1.807) is 18.7 Å². The Labute approximate surface area is 224 Å². The molecule has 4 aliphatic rings. The fourth-order valence-corrected chi connectivity index (χ4v) is 6.25. The minimum absolute atomic E-state index is 0.0682. The number of alkyl halides is 3. The van der Waals surface area contributed by atoms with Crippen molar-refractivity contribution in [1.82, 2.24) is 14.7 Å². The van der Waals surface area contributed by atoms with Crippen LogP contribution in [0, 0.1) is 5.41 Å². The van der Waals surface area contributed by atoms with Crippen molar-refractivity contribution in [2.75, 3.05) is 31.6 Å². The second-order valence-corrected chi connectivity index (χ2v) is 11.6. The van der Waals surface area contributed by atoms with Gasteiger partial charge in [0.25, 0.3) is 0 Å². The number of piperazine rings is 1. The first kappa shape index (κ1) is 27.1. The van der Waals surface area contributed by atoms with Crippen molar-refractivity contribution in [2.24, 2.45) is 5.41 Å². The number of hydrogen-bond acceptors (Lipinski definition) is 4. The number of nitrogens with zero attached hydrogens (tertiary/aromatic N) is 3. The van der Waals surface area contributed by atoms with Crippen LogP contribution in [-0.2, 0) is 20.5 Å². The summed E-state index contributed by atoms with van der Waals surface area (Å²) in [5.41, 5.74) is -1.51. The third-order valence-electron chi connectivity index (χ3n) is 8.60. The first-order valence-corrected chi connectivity index (χ1v) is 13.4. The van der Waals surface area contributed by atoms with Gasteiger partial charge in [0.05, 0.1) is 29.8 Å². The van der Waals surface area contributed by atoms with Crippen LogP contribution in [0.25, 0.3) is 0 Å². The van der Waals surface area contributed by atoms with Gasteiger partial charge in [0, 0.05) is 25.2 Å². The average Bonchev–Trinajstić information content (AvgIpc) is 3.51. The lowest BCUT2D eigenvalue weighted by molar-refractivity contribution is -0.167. The zero-order chi connectivity index (χ0) is 27.5. The summed E-state index contributed by atoms with van der Waals surface area (Å²) in [6, 6.07) is 1.18. The minimum atomic E-state index is -4.61. The Balaban J connectivity index is 1.20. The molecule has 5 rings (SSSR count). The van der Waals surface area contributed by atoms with Crippen LogP contribution in [0.1, 0.15) is 57.9 Å². The third-order valence-corrected chi connectivity index (χ3v) is 8.91. The lowest BCUT2D eigenvalue weighted by Gasteiger charge is -2.47. The predicted octanol–water partition coefficient (Wildman–Crippen LogP) is 4.72. The molecule has 1 aromatic carbocycles. The van der Waals surface area contributed by atoms with Crippen molar-refractivity contribution in [3.8, 4) is 0 Å². The molecule has 4 fully saturated rings. The first-order valence-electron chi connectivity index (χ1n) is 13.0. The maximum Gasteiger partial charge on any atom is 0.417 e. The number of amides is 4. The highest BCUT2D eigenvalue weighted by atomic mass is 35.5. The number of nitrogens with one attached hydrogen (secondary N) is 1. The zero-order valence-electron chi connectivity index (χ0n) is 21.4. The zero-order valence-corrected chi connectivity index (χ0v) is 22.2. The van der Waals surface area contributed by atoms with Crippen LogP contribution >= 0.6 is 11.6 Å². The van der Waals surface area contributed by atoms with Crippen LogP contribution in [0.3, 0.4) is 0 Å². The molecule has 0 aromatic heterocycles. The average molecular weight is 557 g/mol. The molecule has 1 spiro atoms. The second kappa shape index (κ2) is 9.59. The molecule has 208 valence electrons. The number of carbonyl (C=O) groups excluding carboxylic acids is 3. The smallest absolute Gasteiger partial charge is 0.352 e. The molecule has 1 aliphatic carbocycles. The van der Waals surface area contributed by atoms with E-state index in [0.29, 0.717) is 18.3 Å². The number of ether oxygens (including phenoxy) is 1. The third kappa shape index (κ3) is 5.06. The molecule has 3 aliphatic heterocycles. The molecule has 38 heavy (non-hydrogen) atoms. The summed E-state index contributed by atoms with van der Waals surface area (Å²) in [7, 11) is 0.